The van der Waals surface area contributed by atoms with E-state index in [4.69, 9.17) is 16.3 Å². The molecule has 1 atom stereocenters. The van der Waals surface area contributed by atoms with Gasteiger partial charge in [-0.2, -0.15) is 0 Å². The third kappa shape index (κ3) is 3.33. The lowest BCUT2D eigenvalue weighted by Gasteiger charge is -2.24. The number of hydrogen-bond donors (Lipinski definition) is 1. The Hall–Kier alpha value is -2.21. The van der Waals surface area contributed by atoms with Crippen molar-refractivity contribution in [1.82, 2.24) is 14.9 Å². The highest BCUT2D eigenvalue weighted by Gasteiger charge is 2.26. The van der Waals surface area contributed by atoms with Crippen molar-refractivity contribution in [1.29, 1.82) is 0 Å². The summed E-state index contributed by atoms with van der Waals surface area (Å²) in [4.78, 5) is 18.7. The number of carbonyl (C=O) groups excluding carboxylic acids is 1. The van der Waals surface area contributed by atoms with Crippen molar-refractivity contribution in [3.63, 3.8) is 0 Å². The Morgan fingerprint density at radius 2 is 2.29 bits per heavy atom. The zero-order valence-electron chi connectivity index (χ0n) is 14.0. The minimum atomic E-state index is -0.211. The highest BCUT2D eigenvalue weighted by molar-refractivity contribution is 6.30. The second-order valence-corrected chi connectivity index (χ2v) is 6.62. The number of aromatic nitrogens is 2. The Morgan fingerprint density at radius 1 is 1.50 bits per heavy atom. The number of fused-ring (bicyclic) bond motifs is 1. The molecule has 6 nitrogen and oxygen atoms in total. The van der Waals surface area contributed by atoms with Crippen LogP contribution in [-0.4, -0.2) is 36.2 Å². The molecule has 0 aliphatic carbocycles. The second-order valence-electron chi connectivity index (χ2n) is 6.18. The van der Waals surface area contributed by atoms with Crippen LogP contribution in [0.2, 0.25) is 5.02 Å². The smallest absolute Gasteiger partial charge is 0.227 e. The maximum Gasteiger partial charge on any atom is 0.227 e. The molecule has 1 aliphatic heterocycles. The molecule has 0 saturated heterocycles. The zero-order chi connectivity index (χ0) is 17.3. The van der Waals surface area contributed by atoms with Gasteiger partial charge in [0.05, 0.1) is 24.4 Å². The van der Waals surface area contributed by atoms with Crippen LogP contribution in [0, 0.1) is 5.92 Å². The first-order chi connectivity index (χ1) is 11.5. The van der Waals surface area contributed by atoms with E-state index in [0.29, 0.717) is 24.6 Å². The normalized spacial score (nSPS) is 16.2. The van der Waals surface area contributed by atoms with Crippen LogP contribution in [0.1, 0.15) is 11.3 Å². The summed E-state index contributed by atoms with van der Waals surface area (Å²) in [5, 5.41) is 3.63. The molecule has 24 heavy (non-hydrogen) atoms. The minimum Gasteiger partial charge on any atom is -0.492 e. The van der Waals surface area contributed by atoms with Crippen LogP contribution in [0.4, 0.5) is 5.95 Å². The van der Waals surface area contributed by atoms with Gasteiger partial charge in [-0.05, 0) is 30.2 Å². The molecule has 0 saturated carbocycles. The number of anilines is 1. The van der Waals surface area contributed by atoms with Gasteiger partial charge >= 0.3 is 0 Å². The number of amides is 1. The lowest BCUT2D eigenvalue weighted by Crippen LogP contribution is -2.37. The standard InChI is InChI=1S/C17H21ClN4O2/c1-21(2)17-20-9-14(22(17)3)8-19-16(23)12-6-11-7-13(18)4-5-15(11)24-10-12/h4-5,7,9,12H,6,8,10H2,1-3H3,(H,19,23). The third-order valence-electron chi connectivity index (χ3n) is 4.20. The van der Waals surface area contributed by atoms with Crippen LogP contribution < -0.4 is 15.0 Å². The molecule has 0 radical (unpaired) electrons. The van der Waals surface area contributed by atoms with Gasteiger partial charge in [0.25, 0.3) is 0 Å². The number of nitrogens with zero attached hydrogens (tertiary/aromatic N) is 3. The predicted octanol–water partition coefficient (Wildman–Crippen LogP) is 2.01. The fourth-order valence-corrected chi connectivity index (χ4v) is 3.06. The van der Waals surface area contributed by atoms with Gasteiger partial charge in [0.2, 0.25) is 11.9 Å². The molecule has 3 rings (SSSR count). The Balaban J connectivity index is 1.62. The third-order valence-corrected chi connectivity index (χ3v) is 4.44. The summed E-state index contributed by atoms with van der Waals surface area (Å²) >= 11 is 6.02. The summed E-state index contributed by atoms with van der Waals surface area (Å²) < 4.78 is 7.64. The van der Waals surface area contributed by atoms with E-state index in [9.17, 15) is 4.79 Å². The fraction of sp³-hybridized carbons (Fsp3) is 0.412. The van der Waals surface area contributed by atoms with Gasteiger partial charge in [-0.25, -0.2) is 4.98 Å². The summed E-state index contributed by atoms with van der Waals surface area (Å²) in [6.07, 6.45) is 2.41. The van der Waals surface area contributed by atoms with Crippen LogP contribution in [0.25, 0.3) is 0 Å². The summed E-state index contributed by atoms with van der Waals surface area (Å²) in [6, 6.07) is 5.51. The first-order valence-corrected chi connectivity index (χ1v) is 8.20. The van der Waals surface area contributed by atoms with E-state index in [0.717, 1.165) is 23.0 Å². The van der Waals surface area contributed by atoms with Crippen molar-refractivity contribution in [3.8, 4) is 5.75 Å². The number of ether oxygens (including phenoxy) is 1. The molecule has 1 unspecified atom stereocenters. The van der Waals surface area contributed by atoms with Gasteiger partial charge < -0.3 is 19.5 Å². The monoisotopic (exact) mass is 348 g/mol. The molecule has 1 aromatic heterocycles. The highest BCUT2D eigenvalue weighted by Crippen LogP contribution is 2.29. The zero-order valence-corrected chi connectivity index (χ0v) is 14.8. The average Bonchev–Trinajstić information content (AvgIpc) is 2.92. The van der Waals surface area contributed by atoms with Crippen molar-refractivity contribution in [2.75, 3.05) is 25.6 Å². The maximum absolute atomic E-state index is 12.5. The quantitative estimate of drug-likeness (QED) is 0.918. The van der Waals surface area contributed by atoms with Crippen molar-refractivity contribution in [2.45, 2.75) is 13.0 Å². The van der Waals surface area contributed by atoms with Crippen molar-refractivity contribution >= 4 is 23.5 Å². The molecule has 2 aromatic rings. The number of imidazole rings is 1. The topological polar surface area (TPSA) is 59.4 Å². The molecular formula is C17H21ClN4O2. The lowest BCUT2D eigenvalue weighted by molar-refractivity contribution is -0.126. The Bertz CT molecular complexity index is 757. The van der Waals surface area contributed by atoms with Crippen LogP contribution in [0.5, 0.6) is 5.75 Å². The van der Waals surface area contributed by atoms with Gasteiger partial charge in [-0.1, -0.05) is 11.6 Å². The van der Waals surface area contributed by atoms with E-state index in [1.807, 2.05) is 42.7 Å². The molecule has 1 amide bonds. The van der Waals surface area contributed by atoms with Crippen molar-refractivity contribution < 1.29 is 9.53 Å². The van der Waals surface area contributed by atoms with E-state index in [-0.39, 0.29) is 11.8 Å². The second kappa shape index (κ2) is 6.73. The Labute approximate surface area is 146 Å². The predicted molar refractivity (Wildman–Crippen MR) is 93.5 cm³/mol. The SMILES string of the molecule is CN(C)c1ncc(CNC(=O)C2COc3ccc(Cl)cc3C2)n1C. The van der Waals surface area contributed by atoms with Gasteiger partial charge in [0.15, 0.2) is 0 Å². The van der Waals surface area contributed by atoms with Crippen LogP contribution >= 0.6 is 11.6 Å². The molecule has 0 spiro atoms. The maximum atomic E-state index is 12.5. The molecule has 1 aliphatic rings. The van der Waals surface area contributed by atoms with E-state index in [1.54, 1.807) is 12.3 Å². The van der Waals surface area contributed by atoms with Crippen LogP contribution in [0.15, 0.2) is 24.4 Å². The van der Waals surface area contributed by atoms with E-state index in [1.165, 1.54) is 0 Å². The number of nitrogens with one attached hydrogen (secondary N) is 1. The molecule has 1 N–H and O–H groups in total. The highest BCUT2D eigenvalue weighted by atomic mass is 35.5. The molecule has 1 aromatic carbocycles. The molecule has 7 heteroatoms. The van der Waals surface area contributed by atoms with Gasteiger partial charge in [-0.15, -0.1) is 0 Å². The fourth-order valence-electron chi connectivity index (χ4n) is 2.87. The van der Waals surface area contributed by atoms with E-state index in [2.05, 4.69) is 10.3 Å². The lowest BCUT2D eigenvalue weighted by atomic mass is 9.96. The molecule has 0 bridgehead atoms. The molecular weight excluding hydrogens is 328 g/mol. The Kier molecular flexibility index (Phi) is 4.66. The van der Waals surface area contributed by atoms with Crippen LogP contribution in [-0.2, 0) is 24.8 Å². The number of benzene rings is 1. The first kappa shape index (κ1) is 16.6. The summed E-state index contributed by atoms with van der Waals surface area (Å²) in [5.74, 6) is 1.43. The summed E-state index contributed by atoms with van der Waals surface area (Å²) in [5.41, 5.74) is 1.93. The van der Waals surface area contributed by atoms with Gasteiger partial charge in [0, 0.05) is 26.2 Å². The minimum absolute atomic E-state index is 0.0202. The number of carbonyl (C=O) groups is 1. The number of halogens is 1. The summed E-state index contributed by atoms with van der Waals surface area (Å²) in [7, 11) is 5.81. The van der Waals surface area contributed by atoms with E-state index < -0.39 is 0 Å². The van der Waals surface area contributed by atoms with E-state index >= 15 is 0 Å². The molecule has 128 valence electrons. The molecule has 2 heterocycles. The van der Waals surface area contributed by atoms with Gasteiger partial charge in [0.1, 0.15) is 12.4 Å². The largest absolute Gasteiger partial charge is 0.492 e. The number of rotatable bonds is 4. The van der Waals surface area contributed by atoms with Gasteiger partial charge in [-0.3, -0.25) is 4.79 Å². The average molecular weight is 349 g/mol. The Morgan fingerprint density at radius 3 is 3.00 bits per heavy atom. The van der Waals surface area contributed by atoms with Crippen molar-refractivity contribution in [2.24, 2.45) is 13.0 Å². The summed E-state index contributed by atoms with van der Waals surface area (Å²) in [6.45, 7) is 0.823. The number of hydrogen-bond acceptors (Lipinski definition) is 4. The van der Waals surface area contributed by atoms with Crippen molar-refractivity contribution in [3.05, 3.63) is 40.7 Å². The van der Waals surface area contributed by atoms with Crippen LogP contribution in [0.3, 0.4) is 0 Å². The molecule has 0 fully saturated rings. The first-order valence-electron chi connectivity index (χ1n) is 7.82.